The monoisotopic (exact) mass is 290 g/mol. The van der Waals surface area contributed by atoms with E-state index in [1.165, 1.54) is 36.9 Å². The van der Waals surface area contributed by atoms with Gasteiger partial charge in [-0.05, 0) is 24.4 Å². The maximum absolute atomic E-state index is 11.9. The average Bonchev–Trinajstić information content (AvgIpc) is 3.09. The van der Waals surface area contributed by atoms with Gasteiger partial charge in [0.1, 0.15) is 17.3 Å². The molecular weight excluding hydrogens is 280 g/mol. The number of amides is 1. The van der Waals surface area contributed by atoms with E-state index in [-0.39, 0.29) is 5.56 Å². The Morgan fingerprint density at radius 1 is 1.50 bits per heavy atom. The van der Waals surface area contributed by atoms with Crippen molar-refractivity contribution in [1.82, 2.24) is 0 Å². The molecule has 0 aliphatic carbocycles. The molecule has 0 spiro atoms. The molecule has 0 aromatic carbocycles. The van der Waals surface area contributed by atoms with Crippen LogP contribution in [0.2, 0.25) is 0 Å². The van der Waals surface area contributed by atoms with Gasteiger partial charge in [0.15, 0.2) is 6.10 Å². The molecule has 2 aromatic heterocycles. The van der Waals surface area contributed by atoms with Gasteiger partial charge in [-0.15, -0.1) is 11.3 Å². The lowest BCUT2D eigenvalue weighted by molar-refractivity contribution is -0.123. The third-order valence-electron chi connectivity index (χ3n) is 2.43. The molecule has 102 valence electrons. The lowest BCUT2D eigenvalue weighted by atomic mass is 10.3. The second kappa shape index (κ2) is 6.04. The summed E-state index contributed by atoms with van der Waals surface area (Å²) in [5.41, 5.74) is 0.607. The topological polar surface area (TPSA) is 92.3 Å². The van der Waals surface area contributed by atoms with Crippen LogP contribution in [0.3, 0.4) is 0 Å². The molecule has 1 N–H and O–H groups in total. The van der Waals surface area contributed by atoms with Crippen molar-refractivity contribution in [2.75, 3.05) is 5.32 Å². The Morgan fingerprint density at radius 2 is 2.30 bits per heavy atom. The Bertz CT molecular complexity index is 654. The number of ether oxygens (including phenoxy) is 1. The predicted molar refractivity (Wildman–Crippen MR) is 71.2 cm³/mol. The highest BCUT2D eigenvalue weighted by Crippen LogP contribution is 2.22. The number of carbonyl (C=O) groups is 2. The number of furan rings is 1. The lowest BCUT2D eigenvalue weighted by Crippen LogP contribution is -2.29. The van der Waals surface area contributed by atoms with Crippen LogP contribution in [-0.4, -0.2) is 18.0 Å². The summed E-state index contributed by atoms with van der Waals surface area (Å²) < 4.78 is 9.75. The van der Waals surface area contributed by atoms with E-state index in [1.54, 1.807) is 11.4 Å². The molecule has 1 amide bonds. The minimum atomic E-state index is -0.981. The Morgan fingerprint density at radius 3 is 2.95 bits per heavy atom. The van der Waals surface area contributed by atoms with Crippen LogP contribution in [0.25, 0.3) is 0 Å². The van der Waals surface area contributed by atoms with Gasteiger partial charge in [-0.2, -0.15) is 5.26 Å². The Kier molecular flexibility index (Phi) is 4.17. The summed E-state index contributed by atoms with van der Waals surface area (Å²) in [7, 11) is 0. The van der Waals surface area contributed by atoms with E-state index in [0.29, 0.717) is 10.6 Å². The molecule has 0 bridgehead atoms. The zero-order valence-electron chi connectivity index (χ0n) is 10.5. The van der Waals surface area contributed by atoms with Gasteiger partial charge >= 0.3 is 5.97 Å². The first-order chi connectivity index (χ1) is 9.61. The molecule has 0 saturated carbocycles. The number of rotatable bonds is 4. The minimum absolute atomic E-state index is 0.235. The molecule has 2 rings (SSSR count). The van der Waals surface area contributed by atoms with E-state index in [0.717, 1.165) is 0 Å². The fourth-order valence-corrected chi connectivity index (χ4v) is 2.11. The highest BCUT2D eigenvalue weighted by Gasteiger charge is 2.20. The van der Waals surface area contributed by atoms with Crippen molar-refractivity contribution >= 4 is 28.2 Å². The van der Waals surface area contributed by atoms with Crippen LogP contribution in [0.4, 0.5) is 5.00 Å². The quantitative estimate of drug-likeness (QED) is 0.873. The standard InChI is InChI=1S/C13H10N2O4S/c1-8(19-13(17)10-2-4-18-7-10)11(16)15-12-9(6-14)3-5-20-12/h2-5,7-8H,1H3,(H,15,16). The highest BCUT2D eigenvalue weighted by molar-refractivity contribution is 7.14. The van der Waals surface area contributed by atoms with Gasteiger partial charge in [-0.25, -0.2) is 4.79 Å². The van der Waals surface area contributed by atoms with Crippen LogP contribution in [0.5, 0.6) is 0 Å². The largest absolute Gasteiger partial charge is 0.472 e. The second-order valence-electron chi connectivity index (χ2n) is 3.82. The summed E-state index contributed by atoms with van der Waals surface area (Å²) in [6, 6.07) is 5.00. The third kappa shape index (κ3) is 3.05. The molecule has 1 atom stereocenters. The molecular formula is C13H10N2O4S. The third-order valence-corrected chi connectivity index (χ3v) is 3.26. The van der Waals surface area contributed by atoms with Gasteiger partial charge < -0.3 is 14.5 Å². The fraction of sp³-hybridized carbons (Fsp3) is 0.154. The highest BCUT2D eigenvalue weighted by atomic mass is 32.1. The zero-order valence-corrected chi connectivity index (χ0v) is 11.3. The summed E-state index contributed by atoms with van der Waals surface area (Å²) in [6.45, 7) is 1.45. The molecule has 7 heteroatoms. The molecule has 1 unspecified atom stereocenters. The summed E-state index contributed by atoms with van der Waals surface area (Å²) in [5.74, 6) is -1.14. The summed E-state index contributed by atoms with van der Waals surface area (Å²) in [4.78, 5) is 23.5. The Balaban J connectivity index is 1.96. The fourth-order valence-electron chi connectivity index (χ4n) is 1.37. The summed E-state index contributed by atoms with van der Waals surface area (Å²) in [5, 5.41) is 13.5. The van der Waals surface area contributed by atoms with Crippen LogP contribution in [0, 0.1) is 11.3 Å². The van der Waals surface area contributed by atoms with Crippen LogP contribution in [-0.2, 0) is 9.53 Å². The molecule has 2 aromatic rings. The number of esters is 1. The van der Waals surface area contributed by atoms with Crippen molar-refractivity contribution in [3.63, 3.8) is 0 Å². The molecule has 20 heavy (non-hydrogen) atoms. The van der Waals surface area contributed by atoms with E-state index >= 15 is 0 Å². The van der Waals surface area contributed by atoms with E-state index in [9.17, 15) is 9.59 Å². The first-order valence-corrected chi connectivity index (χ1v) is 6.51. The number of nitrogens with zero attached hydrogens (tertiary/aromatic N) is 1. The molecule has 0 radical (unpaired) electrons. The Hall–Kier alpha value is -2.59. The number of nitrogens with one attached hydrogen (secondary N) is 1. The van der Waals surface area contributed by atoms with Crippen molar-refractivity contribution in [2.24, 2.45) is 0 Å². The van der Waals surface area contributed by atoms with Crippen molar-refractivity contribution < 1.29 is 18.7 Å². The van der Waals surface area contributed by atoms with Crippen LogP contribution < -0.4 is 5.32 Å². The van der Waals surface area contributed by atoms with Crippen molar-refractivity contribution in [2.45, 2.75) is 13.0 Å². The lowest BCUT2D eigenvalue weighted by Gasteiger charge is -2.12. The number of hydrogen-bond acceptors (Lipinski definition) is 6. The zero-order chi connectivity index (χ0) is 14.5. The predicted octanol–water partition coefficient (Wildman–Crippen LogP) is 2.40. The molecule has 0 saturated heterocycles. The second-order valence-corrected chi connectivity index (χ2v) is 4.74. The van der Waals surface area contributed by atoms with Gasteiger partial charge in [0.05, 0.1) is 17.4 Å². The summed E-state index contributed by atoms with van der Waals surface area (Å²) >= 11 is 1.23. The average molecular weight is 290 g/mol. The molecule has 6 nitrogen and oxygen atoms in total. The number of hydrogen-bond donors (Lipinski definition) is 1. The van der Waals surface area contributed by atoms with E-state index in [2.05, 4.69) is 5.32 Å². The van der Waals surface area contributed by atoms with Crippen LogP contribution >= 0.6 is 11.3 Å². The normalized spacial score (nSPS) is 11.4. The minimum Gasteiger partial charge on any atom is -0.472 e. The van der Waals surface area contributed by atoms with Crippen molar-refractivity contribution in [1.29, 1.82) is 5.26 Å². The molecule has 0 fully saturated rings. The number of anilines is 1. The SMILES string of the molecule is CC(OC(=O)c1ccoc1)C(=O)Nc1sccc1C#N. The van der Waals surface area contributed by atoms with Crippen LogP contribution in [0.1, 0.15) is 22.8 Å². The number of thiophene rings is 1. The van der Waals surface area contributed by atoms with Crippen molar-refractivity contribution in [3.8, 4) is 6.07 Å². The van der Waals surface area contributed by atoms with E-state index in [4.69, 9.17) is 14.4 Å². The number of carbonyl (C=O) groups excluding carboxylic acids is 2. The van der Waals surface area contributed by atoms with Crippen LogP contribution in [0.15, 0.2) is 34.5 Å². The number of nitriles is 1. The molecule has 0 aliphatic rings. The van der Waals surface area contributed by atoms with Gasteiger partial charge in [0.2, 0.25) is 0 Å². The summed E-state index contributed by atoms with van der Waals surface area (Å²) in [6.07, 6.45) is 1.60. The van der Waals surface area contributed by atoms with Gasteiger partial charge in [-0.1, -0.05) is 0 Å². The maximum Gasteiger partial charge on any atom is 0.342 e. The first kappa shape index (κ1) is 13.8. The van der Waals surface area contributed by atoms with E-state index in [1.807, 2.05) is 6.07 Å². The van der Waals surface area contributed by atoms with Crippen molar-refractivity contribution in [3.05, 3.63) is 41.2 Å². The smallest absolute Gasteiger partial charge is 0.342 e. The van der Waals surface area contributed by atoms with Gasteiger partial charge in [0.25, 0.3) is 5.91 Å². The van der Waals surface area contributed by atoms with Gasteiger partial charge in [-0.3, -0.25) is 4.79 Å². The van der Waals surface area contributed by atoms with Gasteiger partial charge in [0, 0.05) is 0 Å². The maximum atomic E-state index is 11.9. The van der Waals surface area contributed by atoms with E-state index < -0.39 is 18.0 Å². The molecule has 0 aliphatic heterocycles. The molecule has 2 heterocycles. The Labute approximate surface area is 118 Å². The first-order valence-electron chi connectivity index (χ1n) is 5.63.